The van der Waals surface area contributed by atoms with Crippen molar-refractivity contribution in [1.82, 2.24) is 5.32 Å². The van der Waals surface area contributed by atoms with E-state index in [0.717, 1.165) is 29.1 Å². The Hall–Kier alpha value is -2.06. The fourth-order valence-corrected chi connectivity index (χ4v) is 3.34. The summed E-state index contributed by atoms with van der Waals surface area (Å²) < 4.78 is 0. The highest BCUT2D eigenvalue weighted by Crippen LogP contribution is 2.22. The number of oxime groups is 3. The lowest BCUT2D eigenvalue weighted by molar-refractivity contribution is 0.130. The largest absolute Gasteiger partial charge is 0.399 e. The summed E-state index contributed by atoms with van der Waals surface area (Å²) in [5.74, 6) is 1.05. The molecule has 25 heavy (non-hydrogen) atoms. The second-order valence-electron chi connectivity index (χ2n) is 5.33. The summed E-state index contributed by atoms with van der Waals surface area (Å²) in [5.41, 5.74) is 4.18. The Morgan fingerprint density at radius 3 is 2.52 bits per heavy atom. The maximum Gasteiger partial charge on any atom is 0.142 e. The summed E-state index contributed by atoms with van der Waals surface area (Å²) in [7, 11) is 3.06. The van der Waals surface area contributed by atoms with Crippen molar-refractivity contribution in [2.75, 3.05) is 26.5 Å². The fourth-order valence-electron chi connectivity index (χ4n) is 2.30. The molecule has 0 spiro atoms. The molecule has 1 fully saturated rings. The van der Waals surface area contributed by atoms with Gasteiger partial charge in [0.25, 0.3) is 0 Å². The van der Waals surface area contributed by atoms with Crippen molar-refractivity contribution in [2.24, 2.45) is 15.5 Å². The summed E-state index contributed by atoms with van der Waals surface area (Å²) in [4.78, 5) is 15.3. The molecule has 1 unspecified atom stereocenters. The quantitative estimate of drug-likeness (QED) is 0.567. The van der Waals surface area contributed by atoms with Gasteiger partial charge in [-0.2, -0.15) is 0 Å². The van der Waals surface area contributed by atoms with Crippen molar-refractivity contribution < 1.29 is 14.5 Å². The smallest absolute Gasteiger partial charge is 0.142 e. The predicted molar refractivity (Wildman–Crippen MR) is 102 cm³/mol. The van der Waals surface area contributed by atoms with E-state index in [1.165, 1.54) is 7.11 Å². The third-order valence-corrected chi connectivity index (χ3v) is 4.78. The monoisotopic (exact) mass is 364 g/mol. The summed E-state index contributed by atoms with van der Waals surface area (Å²) in [6.07, 6.45) is 0. The molecular formula is C17H24N4O3S. The number of hydrogen-bond acceptors (Lipinski definition) is 8. The third-order valence-electron chi connectivity index (χ3n) is 3.62. The van der Waals surface area contributed by atoms with E-state index in [9.17, 15) is 0 Å². The van der Waals surface area contributed by atoms with Crippen LogP contribution in [-0.2, 0) is 21.1 Å². The van der Waals surface area contributed by atoms with Crippen LogP contribution in [0.2, 0.25) is 0 Å². The molecule has 1 N–H and O–H groups in total. The van der Waals surface area contributed by atoms with Gasteiger partial charge in [0, 0.05) is 23.4 Å². The van der Waals surface area contributed by atoms with Gasteiger partial charge in [0.2, 0.25) is 0 Å². The van der Waals surface area contributed by atoms with Crippen LogP contribution >= 0.6 is 11.8 Å². The van der Waals surface area contributed by atoms with Crippen LogP contribution in [0.1, 0.15) is 25.0 Å². The van der Waals surface area contributed by atoms with E-state index in [-0.39, 0.29) is 5.37 Å². The lowest BCUT2D eigenvalue weighted by Crippen LogP contribution is -2.30. The van der Waals surface area contributed by atoms with Crippen molar-refractivity contribution in [2.45, 2.75) is 25.8 Å². The van der Waals surface area contributed by atoms with Crippen molar-refractivity contribution in [1.29, 1.82) is 0 Å². The lowest BCUT2D eigenvalue weighted by atomic mass is 10.0. The first-order valence-corrected chi connectivity index (χ1v) is 9.01. The van der Waals surface area contributed by atoms with E-state index in [1.54, 1.807) is 7.11 Å². The molecule has 2 rings (SSSR count). The van der Waals surface area contributed by atoms with Crippen LogP contribution < -0.4 is 5.32 Å². The van der Waals surface area contributed by atoms with Gasteiger partial charge >= 0.3 is 0 Å². The molecular weight excluding hydrogens is 340 g/mol. The average molecular weight is 364 g/mol. The molecule has 1 aliphatic heterocycles. The SMILES string of the molecule is CO/N=C(C)/C(C)=N/OCc1ccccc1/C(=N\OC)C1NCCS1. The summed E-state index contributed by atoms with van der Waals surface area (Å²) in [6, 6.07) is 7.97. The highest BCUT2D eigenvalue weighted by atomic mass is 32.2. The Morgan fingerprint density at radius 1 is 1.12 bits per heavy atom. The molecule has 7 nitrogen and oxygen atoms in total. The Balaban J connectivity index is 2.15. The second-order valence-corrected chi connectivity index (χ2v) is 6.54. The molecule has 1 atom stereocenters. The molecule has 1 aromatic carbocycles. The zero-order valence-electron chi connectivity index (χ0n) is 15.0. The maximum absolute atomic E-state index is 5.51. The first kappa shape index (κ1) is 19.3. The number of hydrogen-bond donors (Lipinski definition) is 1. The fraction of sp³-hybridized carbons (Fsp3) is 0.471. The van der Waals surface area contributed by atoms with Gasteiger partial charge in [-0.15, -0.1) is 11.8 Å². The van der Waals surface area contributed by atoms with Crippen LogP contribution in [0.3, 0.4) is 0 Å². The first-order chi connectivity index (χ1) is 12.2. The average Bonchev–Trinajstić information content (AvgIpc) is 3.14. The lowest BCUT2D eigenvalue weighted by Gasteiger charge is -2.16. The molecule has 0 radical (unpaired) electrons. The van der Waals surface area contributed by atoms with Crippen molar-refractivity contribution in [3.63, 3.8) is 0 Å². The van der Waals surface area contributed by atoms with Crippen LogP contribution in [-0.4, -0.2) is 49.0 Å². The molecule has 0 aliphatic carbocycles. The molecule has 1 saturated heterocycles. The molecule has 1 aromatic rings. The van der Waals surface area contributed by atoms with Gasteiger partial charge in [-0.25, -0.2) is 0 Å². The van der Waals surface area contributed by atoms with Crippen LogP contribution in [0.4, 0.5) is 0 Å². The highest BCUT2D eigenvalue weighted by Gasteiger charge is 2.24. The third kappa shape index (κ3) is 5.47. The van der Waals surface area contributed by atoms with Crippen LogP contribution in [0, 0.1) is 0 Å². The highest BCUT2D eigenvalue weighted by molar-refractivity contribution is 8.00. The molecule has 0 aromatic heterocycles. The van der Waals surface area contributed by atoms with Gasteiger partial charge in [-0.05, 0) is 13.8 Å². The molecule has 0 bridgehead atoms. The molecule has 1 aliphatic rings. The second kappa shape index (κ2) is 10.0. The Bertz CT molecular complexity index is 655. The van der Waals surface area contributed by atoms with Gasteiger partial charge in [0.15, 0.2) is 0 Å². The minimum Gasteiger partial charge on any atom is -0.399 e. The first-order valence-electron chi connectivity index (χ1n) is 7.96. The normalized spacial score (nSPS) is 19.0. The summed E-state index contributed by atoms with van der Waals surface area (Å²) >= 11 is 1.81. The number of nitrogens with one attached hydrogen (secondary N) is 1. The number of nitrogens with zero attached hydrogens (tertiary/aromatic N) is 3. The van der Waals surface area contributed by atoms with Crippen LogP contribution in [0.5, 0.6) is 0 Å². The van der Waals surface area contributed by atoms with Gasteiger partial charge in [0.1, 0.15) is 43.3 Å². The van der Waals surface area contributed by atoms with E-state index in [4.69, 9.17) is 14.5 Å². The summed E-state index contributed by atoms with van der Waals surface area (Å²) in [6.45, 7) is 4.92. The molecule has 0 saturated carbocycles. The number of thioether (sulfide) groups is 1. The van der Waals surface area contributed by atoms with Gasteiger partial charge in [-0.1, -0.05) is 39.7 Å². The number of rotatable bonds is 8. The molecule has 0 amide bonds. The molecule has 1 heterocycles. The zero-order chi connectivity index (χ0) is 18.1. The molecule has 8 heteroatoms. The Labute approximate surface area is 152 Å². The standard InChI is InChI=1S/C17H24N4O3S/c1-12(19-22-3)13(2)20-24-11-14-7-5-6-8-15(14)16(21-23-4)17-18-9-10-25-17/h5-8,17-18H,9-11H2,1-4H3/b19-12+,20-13+,21-16+. The van der Waals surface area contributed by atoms with Crippen molar-refractivity contribution in [3.8, 4) is 0 Å². The van der Waals surface area contributed by atoms with Gasteiger partial charge in [0.05, 0.1) is 0 Å². The maximum atomic E-state index is 5.51. The van der Waals surface area contributed by atoms with Gasteiger partial charge in [-0.3, -0.25) is 5.32 Å². The molecule has 136 valence electrons. The van der Waals surface area contributed by atoms with Crippen LogP contribution in [0.25, 0.3) is 0 Å². The van der Waals surface area contributed by atoms with Crippen LogP contribution in [0.15, 0.2) is 39.7 Å². The number of benzene rings is 1. The van der Waals surface area contributed by atoms with Crippen molar-refractivity contribution in [3.05, 3.63) is 35.4 Å². The van der Waals surface area contributed by atoms with E-state index >= 15 is 0 Å². The van der Waals surface area contributed by atoms with E-state index in [2.05, 4.69) is 20.8 Å². The minimum absolute atomic E-state index is 0.113. The zero-order valence-corrected chi connectivity index (χ0v) is 15.8. The van der Waals surface area contributed by atoms with E-state index in [0.29, 0.717) is 18.0 Å². The summed E-state index contributed by atoms with van der Waals surface area (Å²) in [5, 5.41) is 15.7. The van der Waals surface area contributed by atoms with E-state index < -0.39 is 0 Å². The van der Waals surface area contributed by atoms with Crippen molar-refractivity contribution >= 4 is 28.9 Å². The topological polar surface area (TPSA) is 76.8 Å². The van der Waals surface area contributed by atoms with E-state index in [1.807, 2.05) is 49.9 Å². The Kier molecular flexibility index (Phi) is 7.75. The predicted octanol–water partition coefficient (Wildman–Crippen LogP) is 2.61. The Morgan fingerprint density at radius 2 is 1.84 bits per heavy atom. The minimum atomic E-state index is 0.113. The van der Waals surface area contributed by atoms with Gasteiger partial charge < -0.3 is 14.5 Å².